The zero-order valence-electron chi connectivity index (χ0n) is 13.8. The minimum absolute atomic E-state index is 0.100. The number of carbonyl (C=O) groups is 2. The van der Waals surface area contributed by atoms with Gasteiger partial charge in [-0.15, -0.1) is 0 Å². The van der Waals surface area contributed by atoms with Gasteiger partial charge in [0, 0.05) is 6.42 Å². The van der Waals surface area contributed by atoms with Gasteiger partial charge in [0.1, 0.15) is 11.4 Å². The Morgan fingerprint density at radius 3 is 2.71 bits per heavy atom. The van der Waals surface area contributed by atoms with Crippen LogP contribution in [0.3, 0.4) is 0 Å². The number of benzene rings is 2. The third kappa shape index (κ3) is 3.56. The van der Waals surface area contributed by atoms with Gasteiger partial charge in [0.2, 0.25) is 5.91 Å². The van der Waals surface area contributed by atoms with Crippen molar-refractivity contribution in [3.63, 3.8) is 0 Å². The van der Waals surface area contributed by atoms with Crippen molar-refractivity contribution in [1.29, 1.82) is 0 Å². The molecule has 1 unspecified atom stereocenters. The predicted molar refractivity (Wildman–Crippen MR) is 93.3 cm³/mol. The van der Waals surface area contributed by atoms with E-state index in [0.717, 1.165) is 5.56 Å². The SMILES string of the molecule is Cc1ccc(CCC(=O)Nc2cccc3c2NC(=O)C(C)O3)cc1. The summed E-state index contributed by atoms with van der Waals surface area (Å²) in [6.07, 6.45) is 0.504. The van der Waals surface area contributed by atoms with Crippen LogP contribution in [0.2, 0.25) is 0 Å². The Labute approximate surface area is 141 Å². The molecule has 0 saturated carbocycles. The number of aryl methyl sites for hydroxylation is 2. The molecule has 0 spiro atoms. The molecule has 2 amide bonds. The van der Waals surface area contributed by atoms with E-state index < -0.39 is 6.10 Å². The number of hydrogen-bond donors (Lipinski definition) is 2. The summed E-state index contributed by atoms with van der Waals surface area (Å²) in [5.41, 5.74) is 3.39. The first-order valence-corrected chi connectivity index (χ1v) is 7.99. The van der Waals surface area contributed by atoms with Crippen molar-refractivity contribution >= 4 is 23.2 Å². The number of para-hydroxylation sites is 1. The molecule has 3 rings (SSSR count). The molecule has 0 saturated heterocycles. The molecule has 0 aliphatic carbocycles. The van der Waals surface area contributed by atoms with E-state index in [1.807, 2.05) is 31.2 Å². The fourth-order valence-electron chi connectivity index (χ4n) is 2.56. The van der Waals surface area contributed by atoms with Crippen LogP contribution in [-0.2, 0) is 16.0 Å². The topological polar surface area (TPSA) is 67.4 Å². The maximum Gasteiger partial charge on any atom is 0.265 e. The van der Waals surface area contributed by atoms with Crippen LogP contribution in [0, 0.1) is 6.92 Å². The Kier molecular flexibility index (Phi) is 4.51. The van der Waals surface area contributed by atoms with Gasteiger partial charge in [-0.25, -0.2) is 0 Å². The number of carbonyl (C=O) groups excluding carboxylic acids is 2. The molecule has 2 aromatic carbocycles. The number of fused-ring (bicyclic) bond motifs is 1. The standard InChI is InChI=1S/C19H20N2O3/c1-12-6-8-14(9-7-12)10-11-17(22)20-15-4-3-5-16-18(15)21-19(23)13(2)24-16/h3-9,13H,10-11H2,1-2H3,(H,20,22)(H,21,23). The lowest BCUT2D eigenvalue weighted by molar-refractivity contribution is -0.122. The molecule has 1 aliphatic rings. The van der Waals surface area contributed by atoms with Crippen LogP contribution in [0.25, 0.3) is 0 Å². The number of amides is 2. The molecule has 0 radical (unpaired) electrons. The van der Waals surface area contributed by atoms with Gasteiger partial charge in [-0.1, -0.05) is 35.9 Å². The summed E-state index contributed by atoms with van der Waals surface area (Å²) in [4.78, 5) is 24.0. The first-order valence-electron chi connectivity index (χ1n) is 7.99. The Morgan fingerprint density at radius 2 is 1.96 bits per heavy atom. The Bertz CT molecular complexity index is 769. The first kappa shape index (κ1) is 16.1. The van der Waals surface area contributed by atoms with Crippen LogP contribution in [0.1, 0.15) is 24.5 Å². The van der Waals surface area contributed by atoms with Gasteiger partial charge in [-0.2, -0.15) is 0 Å². The van der Waals surface area contributed by atoms with Crippen molar-refractivity contribution in [2.45, 2.75) is 32.8 Å². The van der Waals surface area contributed by atoms with Gasteiger partial charge < -0.3 is 15.4 Å². The van der Waals surface area contributed by atoms with E-state index in [4.69, 9.17) is 4.74 Å². The number of ether oxygens (including phenoxy) is 1. The molecule has 0 aromatic heterocycles. The van der Waals surface area contributed by atoms with Gasteiger partial charge in [-0.3, -0.25) is 9.59 Å². The van der Waals surface area contributed by atoms with Crippen molar-refractivity contribution in [1.82, 2.24) is 0 Å². The highest BCUT2D eigenvalue weighted by Crippen LogP contribution is 2.36. The predicted octanol–water partition coefficient (Wildman–Crippen LogP) is 3.29. The molecular weight excluding hydrogens is 304 g/mol. The van der Waals surface area contributed by atoms with Crippen LogP contribution in [0.5, 0.6) is 5.75 Å². The maximum atomic E-state index is 12.2. The van der Waals surface area contributed by atoms with E-state index in [1.54, 1.807) is 25.1 Å². The van der Waals surface area contributed by atoms with Crippen molar-refractivity contribution in [3.05, 3.63) is 53.6 Å². The molecular formula is C19H20N2O3. The Morgan fingerprint density at radius 1 is 1.21 bits per heavy atom. The van der Waals surface area contributed by atoms with Crippen molar-refractivity contribution in [2.75, 3.05) is 10.6 Å². The maximum absolute atomic E-state index is 12.2. The number of nitrogens with one attached hydrogen (secondary N) is 2. The summed E-state index contributed by atoms with van der Waals surface area (Å²) >= 11 is 0. The molecule has 24 heavy (non-hydrogen) atoms. The summed E-state index contributed by atoms with van der Waals surface area (Å²) in [7, 11) is 0. The van der Waals surface area contributed by atoms with Crippen LogP contribution in [0.4, 0.5) is 11.4 Å². The summed E-state index contributed by atoms with van der Waals surface area (Å²) < 4.78 is 5.54. The first-order chi connectivity index (χ1) is 11.5. The summed E-state index contributed by atoms with van der Waals surface area (Å²) in [5.74, 6) is 0.249. The van der Waals surface area contributed by atoms with E-state index in [0.29, 0.717) is 30.0 Å². The van der Waals surface area contributed by atoms with Crippen LogP contribution in [-0.4, -0.2) is 17.9 Å². The Hall–Kier alpha value is -2.82. The molecule has 1 aliphatic heterocycles. The molecule has 1 atom stereocenters. The largest absolute Gasteiger partial charge is 0.479 e. The molecule has 124 valence electrons. The second-order valence-corrected chi connectivity index (χ2v) is 5.96. The van der Waals surface area contributed by atoms with Crippen LogP contribution in [0.15, 0.2) is 42.5 Å². The van der Waals surface area contributed by atoms with E-state index in [1.165, 1.54) is 5.56 Å². The fraction of sp³-hybridized carbons (Fsp3) is 0.263. The normalized spacial score (nSPS) is 15.9. The summed E-state index contributed by atoms with van der Waals surface area (Å²) in [6, 6.07) is 13.4. The molecule has 2 N–H and O–H groups in total. The Balaban J connectivity index is 1.66. The molecule has 0 bridgehead atoms. The summed E-state index contributed by atoms with van der Waals surface area (Å²) in [6.45, 7) is 3.72. The lowest BCUT2D eigenvalue weighted by Gasteiger charge is -2.25. The fourth-order valence-corrected chi connectivity index (χ4v) is 2.56. The average Bonchev–Trinajstić information content (AvgIpc) is 2.56. The van der Waals surface area contributed by atoms with Gasteiger partial charge in [0.05, 0.1) is 5.69 Å². The minimum atomic E-state index is -0.537. The lowest BCUT2D eigenvalue weighted by Crippen LogP contribution is -2.34. The third-order valence-electron chi connectivity index (χ3n) is 3.98. The highest BCUT2D eigenvalue weighted by atomic mass is 16.5. The summed E-state index contributed by atoms with van der Waals surface area (Å²) in [5, 5.41) is 5.64. The number of hydrogen-bond acceptors (Lipinski definition) is 3. The highest BCUT2D eigenvalue weighted by molar-refractivity contribution is 6.04. The molecule has 2 aromatic rings. The van der Waals surface area contributed by atoms with Gasteiger partial charge >= 0.3 is 0 Å². The monoisotopic (exact) mass is 324 g/mol. The van der Waals surface area contributed by atoms with Crippen LogP contribution >= 0.6 is 0 Å². The second kappa shape index (κ2) is 6.74. The van der Waals surface area contributed by atoms with E-state index in [-0.39, 0.29) is 11.8 Å². The molecule has 1 heterocycles. The highest BCUT2D eigenvalue weighted by Gasteiger charge is 2.25. The minimum Gasteiger partial charge on any atom is -0.479 e. The van der Waals surface area contributed by atoms with Gasteiger partial charge in [0.25, 0.3) is 5.91 Å². The van der Waals surface area contributed by atoms with Crippen molar-refractivity contribution in [2.24, 2.45) is 0 Å². The number of anilines is 2. The smallest absolute Gasteiger partial charge is 0.265 e. The molecule has 0 fully saturated rings. The van der Waals surface area contributed by atoms with E-state index >= 15 is 0 Å². The molecule has 5 heteroatoms. The molecule has 5 nitrogen and oxygen atoms in total. The van der Waals surface area contributed by atoms with Crippen molar-refractivity contribution in [3.8, 4) is 5.75 Å². The van der Waals surface area contributed by atoms with Crippen molar-refractivity contribution < 1.29 is 14.3 Å². The number of rotatable bonds is 4. The lowest BCUT2D eigenvalue weighted by atomic mass is 10.1. The zero-order valence-corrected chi connectivity index (χ0v) is 13.8. The van der Waals surface area contributed by atoms with Gasteiger partial charge in [-0.05, 0) is 38.0 Å². The third-order valence-corrected chi connectivity index (χ3v) is 3.98. The van der Waals surface area contributed by atoms with E-state index in [9.17, 15) is 9.59 Å². The van der Waals surface area contributed by atoms with Crippen LogP contribution < -0.4 is 15.4 Å². The van der Waals surface area contributed by atoms with Gasteiger partial charge in [0.15, 0.2) is 6.10 Å². The van der Waals surface area contributed by atoms with E-state index in [2.05, 4.69) is 10.6 Å². The quantitative estimate of drug-likeness (QED) is 0.907. The zero-order chi connectivity index (χ0) is 17.1. The second-order valence-electron chi connectivity index (χ2n) is 5.96. The average molecular weight is 324 g/mol.